The van der Waals surface area contributed by atoms with E-state index in [1.54, 1.807) is 29.3 Å². The zero-order valence-corrected chi connectivity index (χ0v) is 18.2. The fourth-order valence-electron chi connectivity index (χ4n) is 3.45. The van der Waals surface area contributed by atoms with Crippen molar-refractivity contribution >= 4 is 11.9 Å². The lowest BCUT2D eigenvalue weighted by molar-refractivity contribution is -0.137. The van der Waals surface area contributed by atoms with Crippen molar-refractivity contribution in [2.75, 3.05) is 37.7 Å². The number of alkyl halides is 3. The summed E-state index contributed by atoms with van der Waals surface area (Å²) in [7, 11) is 0. The van der Waals surface area contributed by atoms with Crippen molar-refractivity contribution in [3.05, 3.63) is 78.1 Å². The lowest BCUT2D eigenvalue weighted by Crippen LogP contribution is -2.49. The molecule has 4 rings (SSSR count). The molecule has 178 valence electrons. The van der Waals surface area contributed by atoms with Gasteiger partial charge in [-0.25, -0.2) is 14.8 Å². The van der Waals surface area contributed by atoms with Gasteiger partial charge in [-0.3, -0.25) is 0 Å². The Bertz CT molecular complexity index is 1070. The molecule has 0 spiro atoms. The average molecular weight is 472 g/mol. The second kappa shape index (κ2) is 10.4. The highest BCUT2D eigenvalue weighted by atomic mass is 19.4. The number of nitrogens with zero attached hydrogens (tertiary/aromatic N) is 4. The molecule has 1 aliphatic rings. The summed E-state index contributed by atoms with van der Waals surface area (Å²) < 4.78 is 49.2. The number of benzene rings is 1. The van der Waals surface area contributed by atoms with Gasteiger partial charge in [0.25, 0.3) is 0 Å². The molecule has 3 aromatic rings. The number of carbonyl (C=O) groups is 1. The molecule has 1 aliphatic heterocycles. The Balaban J connectivity index is 1.22. The number of piperazine rings is 1. The first-order valence-electron chi connectivity index (χ1n) is 10.8. The van der Waals surface area contributed by atoms with E-state index in [1.165, 1.54) is 6.07 Å². The zero-order valence-electron chi connectivity index (χ0n) is 18.2. The van der Waals surface area contributed by atoms with E-state index in [9.17, 15) is 18.0 Å². The summed E-state index contributed by atoms with van der Waals surface area (Å²) in [5, 5.41) is 0. The Hall–Kier alpha value is -3.82. The molecular formula is C24H23F3N4O3. The van der Waals surface area contributed by atoms with Crippen LogP contribution in [0.15, 0.2) is 67.0 Å². The SMILES string of the molecule is O=C(Oc1ccc(CCOc2ccccn2)cc1)N1CCN(c2ccc(C(F)(F)F)cn2)CC1. The monoisotopic (exact) mass is 472 g/mol. The second-order valence-electron chi connectivity index (χ2n) is 7.66. The molecule has 34 heavy (non-hydrogen) atoms. The normalized spacial score (nSPS) is 14.1. The number of hydrogen-bond acceptors (Lipinski definition) is 6. The highest BCUT2D eigenvalue weighted by Gasteiger charge is 2.31. The first-order valence-corrected chi connectivity index (χ1v) is 10.8. The van der Waals surface area contributed by atoms with E-state index in [0.717, 1.165) is 17.8 Å². The van der Waals surface area contributed by atoms with E-state index in [1.807, 2.05) is 29.2 Å². The number of pyridine rings is 2. The summed E-state index contributed by atoms with van der Waals surface area (Å²) in [6.45, 7) is 2.13. The Morgan fingerprint density at radius 3 is 2.32 bits per heavy atom. The molecule has 1 saturated heterocycles. The van der Waals surface area contributed by atoms with Crippen LogP contribution in [-0.4, -0.2) is 53.7 Å². The molecule has 0 unspecified atom stereocenters. The molecule has 0 atom stereocenters. The van der Waals surface area contributed by atoms with Crippen LogP contribution in [0, 0.1) is 0 Å². The first kappa shape index (κ1) is 23.3. The van der Waals surface area contributed by atoms with Gasteiger partial charge >= 0.3 is 12.3 Å². The van der Waals surface area contributed by atoms with Crippen LogP contribution >= 0.6 is 0 Å². The van der Waals surface area contributed by atoms with Gasteiger partial charge in [-0.2, -0.15) is 13.2 Å². The van der Waals surface area contributed by atoms with Crippen LogP contribution in [0.5, 0.6) is 11.6 Å². The van der Waals surface area contributed by atoms with Crippen molar-refractivity contribution in [2.45, 2.75) is 12.6 Å². The summed E-state index contributed by atoms with van der Waals surface area (Å²) >= 11 is 0. The number of ether oxygens (including phenoxy) is 2. The summed E-state index contributed by atoms with van der Waals surface area (Å²) in [6, 6.07) is 15.0. The van der Waals surface area contributed by atoms with Gasteiger partial charge in [0.2, 0.25) is 5.88 Å². The van der Waals surface area contributed by atoms with E-state index in [0.29, 0.717) is 56.7 Å². The van der Waals surface area contributed by atoms with Gasteiger partial charge < -0.3 is 19.3 Å². The fourth-order valence-corrected chi connectivity index (χ4v) is 3.45. The Morgan fingerprint density at radius 2 is 1.71 bits per heavy atom. The lowest BCUT2D eigenvalue weighted by atomic mass is 10.1. The molecule has 1 fully saturated rings. The van der Waals surface area contributed by atoms with Crippen molar-refractivity contribution in [3.63, 3.8) is 0 Å². The van der Waals surface area contributed by atoms with Crippen molar-refractivity contribution in [3.8, 4) is 11.6 Å². The van der Waals surface area contributed by atoms with Crippen molar-refractivity contribution in [1.29, 1.82) is 0 Å². The number of aromatic nitrogens is 2. The van der Waals surface area contributed by atoms with Gasteiger partial charge in [0.1, 0.15) is 11.6 Å². The molecular weight excluding hydrogens is 449 g/mol. The largest absolute Gasteiger partial charge is 0.477 e. The molecule has 0 saturated carbocycles. The maximum absolute atomic E-state index is 12.7. The number of anilines is 1. The first-order chi connectivity index (χ1) is 16.4. The minimum absolute atomic E-state index is 0.379. The third-order valence-electron chi connectivity index (χ3n) is 5.34. The van der Waals surface area contributed by atoms with E-state index in [2.05, 4.69) is 9.97 Å². The highest BCUT2D eigenvalue weighted by molar-refractivity contribution is 5.71. The molecule has 10 heteroatoms. The summed E-state index contributed by atoms with van der Waals surface area (Å²) in [5.74, 6) is 1.46. The minimum atomic E-state index is -4.42. The van der Waals surface area contributed by atoms with Crippen LogP contribution in [0.1, 0.15) is 11.1 Å². The van der Waals surface area contributed by atoms with Crippen LogP contribution in [0.25, 0.3) is 0 Å². The van der Waals surface area contributed by atoms with Gasteiger partial charge in [0, 0.05) is 51.1 Å². The van der Waals surface area contributed by atoms with E-state index < -0.39 is 17.8 Å². The quantitative estimate of drug-likeness (QED) is 0.529. The Labute approximate surface area is 194 Å². The van der Waals surface area contributed by atoms with Gasteiger partial charge in [-0.05, 0) is 35.9 Å². The molecule has 2 aromatic heterocycles. The summed E-state index contributed by atoms with van der Waals surface area (Å²) in [5.41, 5.74) is 0.249. The molecule has 1 amide bonds. The van der Waals surface area contributed by atoms with Gasteiger partial charge in [0.15, 0.2) is 0 Å². The number of halogens is 3. The molecule has 1 aromatic carbocycles. The standard InChI is InChI=1S/C24H23F3N4O3/c25-24(26,27)19-6-9-21(29-17-19)30-12-14-31(15-13-30)23(32)34-20-7-4-18(5-8-20)10-16-33-22-3-1-2-11-28-22/h1-9,11,17H,10,12-16H2. The number of carbonyl (C=O) groups excluding carboxylic acids is 1. The molecule has 0 N–H and O–H groups in total. The number of rotatable bonds is 6. The molecule has 0 radical (unpaired) electrons. The predicted molar refractivity (Wildman–Crippen MR) is 119 cm³/mol. The van der Waals surface area contributed by atoms with E-state index >= 15 is 0 Å². The molecule has 7 nitrogen and oxygen atoms in total. The van der Waals surface area contributed by atoms with Crippen LogP contribution < -0.4 is 14.4 Å². The van der Waals surface area contributed by atoms with Crippen LogP contribution in [0.2, 0.25) is 0 Å². The van der Waals surface area contributed by atoms with Crippen LogP contribution in [-0.2, 0) is 12.6 Å². The molecule has 3 heterocycles. The maximum atomic E-state index is 12.7. The van der Waals surface area contributed by atoms with Crippen molar-refractivity contribution < 1.29 is 27.4 Å². The van der Waals surface area contributed by atoms with Gasteiger partial charge in [-0.1, -0.05) is 18.2 Å². The van der Waals surface area contributed by atoms with Crippen molar-refractivity contribution in [1.82, 2.24) is 14.9 Å². The zero-order chi connectivity index (χ0) is 24.0. The maximum Gasteiger partial charge on any atom is 0.417 e. The van der Waals surface area contributed by atoms with Crippen LogP contribution in [0.3, 0.4) is 0 Å². The average Bonchev–Trinajstić information content (AvgIpc) is 2.85. The third kappa shape index (κ3) is 6.15. The predicted octanol–water partition coefficient (Wildman–Crippen LogP) is 4.44. The number of hydrogen-bond donors (Lipinski definition) is 0. The molecule has 0 bridgehead atoms. The van der Waals surface area contributed by atoms with Crippen molar-refractivity contribution in [2.24, 2.45) is 0 Å². The minimum Gasteiger partial charge on any atom is -0.477 e. The fraction of sp³-hybridized carbons (Fsp3) is 0.292. The van der Waals surface area contributed by atoms with E-state index in [4.69, 9.17) is 9.47 Å². The van der Waals surface area contributed by atoms with Crippen LogP contribution in [0.4, 0.5) is 23.8 Å². The summed E-state index contributed by atoms with van der Waals surface area (Å²) in [6.07, 6.45) is -1.70. The Kier molecular flexibility index (Phi) is 7.15. The highest BCUT2D eigenvalue weighted by Crippen LogP contribution is 2.29. The van der Waals surface area contributed by atoms with E-state index in [-0.39, 0.29) is 0 Å². The topological polar surface area (TPSA) is 67.8 Å². The third-order valence-corrected chi connectivity index (χ3v) is 5.34. The lowest BCUT2D eigenvalue weighted by Gasteiger charge is -2.34. The van der Waals surface area contributed by atoms with Gasteiger partial charge in [0.05, 0.1) is 12.2 Å². The van der Waals surface area contributed by atoms with Gasteiger partial charge in [-0.15, -0.1) is 0 Å². The number of amides is 1. The Morgan fingerprint density at radius 1 is 0.941 bits per heavy atom. The smallest absolute Gasteiger partial charge is 0.417 e. The summed E-state index contributed by atoms with van der Waals surface area (Å²) in [4.78, 5) is 23.9. The second-order valence-corrected chi connectivity index (χ2v) is 7.66. The molecule has 0 aliphatic carbocycles.